The molecule has 4 nitrogen and oxygen atoms in total. The molecule has 0 atom stereocenters. The van der Waals surface area contributed by atoms with Crippen molar-refractivity contribution in [1.29, 1.82) is 0 Å². The lowest BCUT2D eigenvalue weighted by atomic mass is 10.1. The van der Waals surface area contributed by atoms with Gasteiger partial charge in [-0.1, -0.05) is 25.1 Å². The van der Waals surface area contributed by atoms with Gasteiger partial charge in [-0.25, -0.2) is 4.68 Å². The fraction of sp³-hybridized carbons (Fsp3) is 0.158. The van der Waals surface area contributed by atoms with Crippen molar-refractivity contribution in [2.45, 2.75) is 20.3 Å². The number of benzene rings is 2. The summed E-state index contributed by atoms with van der Waals surface area (Å²) >= 11 is 0. The Bertz CT molecular complexity index is 819. The van der Waals surface area contributed by atoms with Gasteiger partial charge in [0.15, 0.2) is 0 Å². The minimum Gasteiger partial charge on any atom is -0.322 e. The van der Waals surface area contributed by atoms with E-state index in [1.807, 2.05) is 66.2 Å². The van der Waals surface area contributed by atoms with Crippen molar-refractivity contribution in [3.63, 3.8) is 0 Å². The van der Waals surface area contributed by atoms with Crippen molar-refractivity contribution in [3.8, 4) is 5.69 Å². The van der Waals surface area contributed by atoms with E-state index in [1.54, 1.807) is 6.20 Å². The molecule has 1 N–H and O–H groups in total. The third kappa shape index (κ3) is 3.16. The first kappa shape index (κ1) is 15.0. The van der Waals surface area contributed by atoms with Gasteiger partial charge in [-0.15, -0.1) is 0 Å². The van der Waals surface area contributed by atoms with Crippen LogP contribution in [0.1, 0.15) is 28.5 Å². The first-order valence-electron chi connectivity index (χ1n) is 7.69. The van der Waals surface area contributed by atoms with Crippen LogP contribution in [0.25, 0.3) is 5.69 Å². The summed E-state index contributed by atoms with van der Waals surface area (Å²) < 4.78 is 1.84. The molecule has 0 bridgehead atoms. The highest BCUT2D eigenvalue weighted by Crippen LogP contribution is 2.17. The summed E-state index contributed by atoms with van der Waals surface area (Å²) in [6, 6.07) is 17.3. The normalized spacial score (nSPS) is 10.5. The Morgan fingerprint density at radius 2 is 1.83 bits per heavy atom. The van der Waals surface area contributed by atoms with E-state index in [0.717, 1.165) is 29.1 Å². The van der Waals surface area contributed by atoms with Crippen LogP contribution >= 0.6 is 0 Å². The molecular formula is C19H19N3O. The molecule has 0 radical (unpaired) electrons. The largest absolute Gasteiger partial charge is 0.322 e. The van der Waals surface area contributed by atoms with E-state index in [1.165, 1.54) is 0 Å². The maximum atomic E-state index is 12.4. The maximum Gasteiger partial charge on any atom is 0.255 e. The van der Waals surface area contributed by atoms with Crippen molar-refractivity contribution >= 4 is 11.6 Å². The van der Waals surface area contributed by atoms with E-state index >= 15 is 0 Å². The Hall–Kier alpha value is -2.88. The number of aryl methyl sites for hydroxylation is 2. The third-order valence-corrected chi connectivity index (χ3v) is 3.85. The fourth-order valence-corrected chi connectivity index (χ4v) is 2.54. The van der Waals surface area contributed by atoms with E-state index in [2.05, 4.69) is 17.3 Å². The molecule has 3 rings (SSSR count). The summed E-state index contributed by atoms with van der Waals surface area (Å²) in [5, 5.41) is 7.25. The number of aromatic nitrogens is 2. The van der Waals surface area contributed by atoms with Gasteiger partial charge in [-0.3, -0.25) is 4.79 Å². The van der Waals surface area contributed by atoms with Gasteiger partial charge >= 0.3 is 0 Å². The highest BCUT2D eigenvalue weighted by Gasteiger charge is 2.09. The molecule has 0 aliphatic carbocycles. The number of para-hydroxylation sites is 1. The molecular weight excluding hydrogens is 286 g/mol. The average Bonchev–Trinajstić information content (AvgIpc) is 3.01. The molecule has 1 heterocycles. The molecule has 2 aromatic carbocycles. The predicted octanol–water partition coefficient (Wildman–Crippen LogP) is 4.00. The number of rotatable bonds is 4. The van der Waals surface area contributed by atoms with Crippen LogP contribution in [-0.2, 0) is 6.42 Å². The SMILES string of the molecule is CCc1ccccc1NC(=O)c1ccc(-n2nccc2C)cc1. The quantitative estimate of drug-likeness (QED) is 0.792. The van der Waals surface area contributed by atoms with Crippen molar-refractivity contribution in [1.82, 2.24) is 9.78 Å². The van der Waals surface area contributed by atoms with Gasteiger partial charge in [0.25, 0.3) is 5.91 Å². The first-order valence-corrected chi connectivity index (χ1v) is 7.69. The van der Waals surface area contributed by atoms with Crippen LogP contribution in [0, 0.1) is 6.92 Å². The van der Waals surface area contributed by atoms with Crippen LogP contribution in [0.4, 0.5) is 5.69 Å². The summed E-state index contributed by atoms with van der Waals surface area (Å²) in [7, 11) is 0. The number of nitrogens with one attached hydrogen (secondary N) is 1. The molecule has 23 heavy (non-hydrogen) atoms. The molecule has 0 saturated carbocycles. The van der Waals surface area contributed by atoms with Crippen LogP contribution in [-0.4, -0.2) is 15.7 Å². The van der Waals surface area contributed by atoms with E-state index in [-0.39, 0.29) is 5.91 Å². The number of hydrogen-bond acceptors (Lipinski definition) is 2. The highest BCUT2D eigenvalue weighted by molar-refractivity contribution is 6.04. The predicted molar refractivity (Wildman–Crippen MR) is 92.1 cm³/mol. The van der Waals surface area contributed by atoms with E-state index in [9.17, 15) is 4.79 Å². The monoisotopic (exact) mass is 305 g/mol. The number of anilines is 1. The summed E-state index contributed by atoms with van der Waals surface area (Å²) in [6.45, 7) is 4.07. The number of carbonyl (C=O) groups is 1. The van der Waals surface area contributed by atoms with Crippen molar-refractivity contribution in [2.75, 3.05) is 5.32 Å². The third-order valence-electron chi connectivity index (χ3n) is 3.85. The molecule has 0 aliphatic heterocycles. The lowest BCUT2D eigenvalue weighted by Crippen LogP contribution is -2.13. The Morgan fingerprint density at radius 3 is 2.48 bits per heavy atom. The second-order valence-electron chi connectivity index (χ2n) is 5.40. The minimum atomic E-state index is -0.102. The lowest BCUT2D eigenvalue weighted by molar-refractivity contribution is 0.102. The van der Waals surface area contributed by atoms with E-state index in [4.69, 9.17) is 0 Å². The standard InChI is InChI=1S/C19H19N3O/c1-3-15-6-4-5-7-18(15)21-19(23)16-8-10-17(11-9-16)22-14(2)12-13-20-22/h4-13H,3H2,1-2H3,(H,21,23). The fourth-order valence-electron chi connectivity index (χ4n) is 2.54. The number of amides is 1. The van der Waals surface area contributed by atoms with Crippen LogP contribution in [0.5, 0.6) is 0 Å². The summed E-state index contributed by atoms with van der Waals surface area (Å²) in [5.74, 6) is -0.102. The van der Waals surface area contributed by atoms with E-state index < -0.39 is 0 Å². The zero-order valence-corrected chi connectivity index (χ0v) is 13.3. The highest BCUT2D eigenvalue weighted by atomic mass is 16.1. The van der Waals surface area contributed by atoms with Gasteiger partial charge in [0.1, 0.15) is 0 Å². The van der Waals surface area contributed by atoms with Gasteiger partial charge < -0.3 is 5.32 Å². The summed E-state index contributed by atoms with van der Waals surface area (Å²) in [6.07, 6.45) is 2.64. The molecule has 1 aromatic heterocycles. The lowest BCUT2D eigenvalue weighted by Gasteiger charge is -2.10. The van der Waals surface area contributed by atoms with Crippen LogP contribution in [0.3, 0.4) is 0 Å². The Morgan fingerprint density at radius 1 is 1.09 bits per heavy atom. The Balaban J connectivity index is 1.79. The second kappa shape index (κ2) is 6.48. The second-order valence-corrected chi connectivity index (χ2v) is 5.40. The molecule has 0 spiro atoms. The zero-order chi connectivity index (χ0) is 16.2. The molecule has 0 saturated heterocycles. The molecule has 1 amide bonds. The van der Waals surface area contributed by atoms with Gasteiger partial charge in [-0.2, -0.15) is 5.10 Å². The van der Waals surface area contributed by atoms with Gasteiger partial charge in [0.05, 0.1) is 5.69 Å². The number of nitrogens with zero attached hydrogens (tertiary/aromatic N) is 2. The molecule has 4 heteroatoms. The molecule has 116 valence electrons. The van der Waals surface area contributed by atoms with Gasteiger partial charge in [0, 0.05) is 23.1 Å². The molecule has 3 aromatic rings. The first-order chi connectivity index (χ1) is 11.2. The Kier molecular flexibility index (Phi) is 4.24. The van der Waals surface area contributed by atoms with Crippen LogP contribution in [0.15, 0.2) is 60.8 Å². The van der Waals surface area contributed by atoms with Crippen LogP contribution in [0.2, 0.25) is 0 Å². The van der Waals surface area contributed by atoms with Crippen LogP contribution < -0.4 is 5.32 Å². The molecule has 0 unspecified atom stereocenters. The van der Waals surface area contributed by atoms with Gasteiger partial charge in [0.2, 0.25) is 0 Å². The molecule has 0 fully saturated rings. The van der Waals surface area contributed by atoms with Crippen molar-refractivity contribution < 1.29 is 4.79 Å². The number of hydrogen-bond donors (Lipinski definition) is 1. The zero-order valence-electron chi connectivity index (χ0n) is 13.3. The topological polar surface area (TPSA) is 46.9 Å². The average molecular weight is 305 g/mol. The van der Waals surface area contributed by atoms with Crippen molar-refractivity contribution in [2.24, 2.45) is 0 Å². The summed E-state index contributed by atoms with van der Waals surface area (Å²) in [5.41, 5.74) is 4.62. The molecule has 0 aliphatic rings. The smallest absolute Gasteiger partial charge is 0.255 e. The van der Waals surface area contributed by atoms with Gasteiger partial charge in [-0.05, 0) is 55.3 Å². The Labute approximate surface area is 135 Å². The summed E-state index contributed by atoms with van der Waals surface area (Å²) in [4.78, 5) is 12.4. The maximum absolute atomic E-state index is 12.4. The van der Waals surface area contributed by atoms with E-state index in [0.29, 0.717) is 5.56 Å². The number of carbonyl (C=O) groups excluding carboxylic acids is 1. The van der Waals surface area contributed by atoms with Crippen molar-refractivity contribution in [3.05, 3.63) is 77.6 Å². The minimum absolute atomic E-state index is 0.102.